The van der Waals surface area contributed by atoms with Crippen LogP contribution in [0.15, 0.2) is 30.9 Å². The lowest BCUT2D eigenvalue weighted by Gasteiger charge is -2.27. The van der Waals surface area contributed by atoms with Gasteiger partial charge in [-0.2, -0.15) is 11.8 Å². The normalized spacial score (nSPS) is 16.9. The van der Waals surface area contributed by atoms with Crippen molar-refractivity contribution in [3.63, 3.8) is 0 Å². The first-order valence-corrected chi connectivity index (χ1v) is 9.90. The number of nitrogens with one attached hydrogen (secondary N) is 1. The van der Waals surface area contributed by atoms with Crippen LogP contribution in [0.3, 0.4) is 0 Å². The maximum absolute atomic E-state index is 12.0. The summed E-state index contributed by atoms with van der Waals surface area (Å²) in [4.78, 5) is 29.2. The molecule has 134 valence electrons. The number of carbonyl (C=O) groups is 2. The van der Waals surface area contributed by atoms with E-state index in [2.05, 4.69) is 17.6 Å². The molecule has 5 nitrogen and oxygen atoms in total. The summed E-state index contributed by atoms with van der Waals surface area (Å²) in [5.74, 6) is 1.53. The van der Waals surface area contributed by atoms with Gasteiger partial charge in [-0.1, -0.05) is 18.7 Å². The van der Waals surface area contributed by atoms with Crippen LogP contribution in [0.4, 0.5) is 0 Å². The molecule has 2 amide bonds. The molecule has 1 aromatic heterocycles. The van der Waals surface area contributed by atoms with Gasteiger partial charge in [0.05, 0.1) is 11.1 Å². The third kappa shape index (κ3) is 2.74. The molecule has 0 unspecified atom stereocenters. The highest BCUT2D eigenvalue weighted by Crippen LogP contribution is 2.38. The van der Waals surface area contributed by atoms with Gasteiger partial charge in [0, 0.05) is 29.9 Å². The summed E-state index contributed by atoms with van der Waals surface area (Å²) in [7, 11) is 0. The number of carbonyl (C=O) groups excluding carboxylic acids is 2. The number of amides is 2. The zero-order valence-corrected chi connectivity index (χ0v) is 15.3. The van der Waals surface area contributed by atoms with Crippen molar-refractivity contribution in [2.75, 3.05) is 18.8 Å². The Morgan fingerprint density at radius 1 is 1.35 bits per heavy atom. The number of aryl methyl sites for hydroxylation is 1. The van der Waals surface area contributed by atoms with Crippen LogP contribution in [0.1, 0.15) is 33.6 Å². The minimum atomic E-state index is -0.422. The smallest absolute Gasteiger partial charge is 0.250 e. The van der Waals surface area contributed by atoms with Gasteiger partial charge in [0.15, 0.2) is 0 Å². The van der Waals surface area contributed by atoms with Crippen molar-refractivity contribution in [2.24, 2.45) is 5.73 Å². The van der Waals surface area contributed by atoms with Gasteiger partial charge in [0.2, 0.25) is 5.91 Å². The standard InChI is InChI=1S/C20H21N3O2S/c1-2-17(24)23-8-3-4-12(10-23)13-5-6-14(20(21)25)19-18(13)15-11-26-9-7-16(15)22-19/h2,4-6,22H,1,3,7-11H2,(H2,21,25). The number of aromatic nitrogens is 1. The predicted molar refractivity (Wildman–Crippen MR) is 106 cm³/mol. The van der Waals surface area contributed by atoms with Gasteiger partial charge in [0.1, 0.15) is 0 Å². The molecule has 0 atom stereocenters. The predicted octanol–water partition coefficient (Wildman–Crippen LogP) is 2.86. The van der Waals surface area contributed by atoms with Crippen LogP contribution in [0.5, 0.6) is 0 Å². The van der Waals surface area contributed by atoms with Crippen molar-refractivity contribution in [3.05, 3.63) is 53.2 Å². The average molecular weight is 367 g/mol. The Kier molecular flexibility index (Phi) is 4.36. The molecule has 26 heavy (non-hydrogen) atoms. The number of nitrogens with two attached hydrogens (primary N) is 1. The molecule has 2 aliphatic heterocycles. The Labute approximate surface area is 156 Å². The number of rotatable bonds is 3. The number of thioether (sulfide) groups is 1. The molecule has 0 fully saturated rings. The van der Waals surface area contributed by atoms with E-state index in [1.807, 2.05) is 22.7 Å². The molecule has 0 radical (unpaired) electrons. The number of hydrogen-bond acceptors (Lipinski definition) is 3. The maximum atomic E-state index is 12.0. The lowest BCUT2D eigenvalue weighted by atomic mass is 9.93. The van der Waals surface area contributed by atoms with Crippen molar-refractivity contribution < 1.29 is 9.59 Å². The Morgan fingerprint density at radius 2 is 2.19 bits per heavy atom. The van der Waals surface area contributed by atoms with E-state index in [0.717, 1.165) is 46.4 Å². The van der Waals surface area contributed by atoms with E-state index in [-0.39, 0.29) is 5.91 Å². The lowest BCUT2D eigenvalue weighted by Crippen LogP contribution is -2.34. The second kappa shape index (κ2) is 6.68. The molecule has 1 aromatic carbocycles. The van der Waals surface area contributed by atoms with Crippen molar-refractivity contribution in [3.8, 4) is 0 Å². The number of nitrogens with zero attached hydrogens (tertiary/aromatic N) is 1. The molecule has 0 saturated heterocycles. The monoisotopic (exact) mass is 367 g/mol. The van der Waals surface area contributed by atoms with Gasteiger partial charge >= 0.3 is 0 Å². The fourth-order valence-corrected chi connectivity index (χ4v) is 4.89. The highest BCUT2D eigenvalue weighted by Gasteiger charge is 2.25. The number of hydrogen-bond donors (Lipinski definition) is 2. The summed E-state index contributed by atoms with van der Waals surface area (Å²) >= 11 is 1.90. The van der Waals surface area contributed by atoms with Gasteiger partial charge in [-0.05, 0) is 47.4 Å². The maximum Gasteiger partial charge on any atom is 0.250 e. The number of H-pyrrole nitrogens is 1. The molecular weight excluding hydrogens is 346 g/mol. The quantitative estimate of drug-likeness (QED) is 0.819. The molecule has 3 N–H and O–H groups in total. The van der Waals surface area contributed by atoms with Crippen molar-refractivity contribution in [1.82, 2.24) is 9.88 Å². The average Bonchev–Trinajstić information content (AvgIpc) is 3.06. The molecule has 0 bridgehead atoms. The summed E-state index contributed by atoms with van der Waals surface area (Å²) in [6.45, 7) is 4.86. The molecule has 2 aliphatic rings. The number of primary amides is 1. The van der Waals surface area contributed by atoms with E-state index in [1.165, 1.54) is 17.3 Å². The van der Waals surface area contributed by atoms with E-state index in [4.69, 9.17) is 5.73 Å². The minimum absolute atomic E-state index is 0.0488. The van der Waals surface area contributed by atoms with Crippen molar-refractivity contribution >= 4 is 40.1 Å². The third-order valence-electron chi connectivity index (χ3n) is 5.14. The highest BCUT2D eigenvalue weighted by molar-refractivity contribution is 7.98. The van der Waals surface area contributed by atoms with Crippen LogP contribution in [0.25, 0.3) is 16.5 Å². The molecule has 0 aliphatic carbocycles. The largest absolute Gasteiger partial charge is 0.366 e. The van der Waals surface area contributed by atoms with Crippen molar-refractivity contribution in [1.29, 1.82) is 0 Å². The summed E-state index contributed by atoms with van der Waals surface area (Å²) in [6.07, 6.45) is 5.34. The second-order valence-corrected chi connectivity index (χ2v) is 7.75. The van der Waals surface area contributed by atoms with Crippen LogP contribution in [-0.4, -0.2) is 40.5 Å². The van der Waals surface area contributed by atoms with E-state index >= 15 is 0 Å². The third-order valence-corrected chi connectivity index (χ3v) is 6.12. The van der Waals surface area contributed by atoms with Crippen LogP contribution in [-0.2, 0) is 17.0 Å². The Bertz CT molecular complexity index is 958. The summed E-state index contributed by atoms with van der Waals surface area (Å²) in [5, 5.41) is 1.09. The first-order valence-electron chi connectivity index (χ1n) is 8.75. The Balaban J connectivity index is 1.88. The highest BCUT2D eigenvalue weighted by atomic mass is 32.2. The van der Waals surface area contributed by atoms with Crippen LogP contribution in [0.2, 0.25) is 0 Å². The SMILES string of the molecule is C=CC(=O)N1CCC=C(c2ccc(C(N)=O)c3[nH]c4c(c23)CSCC4)C1. The van der Waals surface area contributed by atoms with E-state index in [0.29, 0.717) is 18.7 Å². The van der Waals surface area contributed by atoms with Crippen LogP contribution in [0, 0.1) is 0 Å². The van der Waals surface area contributed by atoms with Crippen LogP contribution >= 0.6 is 11.8 Å². The zero-order chi connectivity index (χ0) is 18.3. The van der Waals surface area contributed by atoms with Gasteiger partial charge in [-0.25, -0.2) is 0 Å². The van der Waals surface area contributed by atoms with Gasteiger partial charge < -0.3 is 15.6 Å². The molecule has 0 spiro atoms. The topological polar surface area (TPSA) is 79.2 Å². The second-order valence-electron chi connectivity index (χ2n) is 6.64. The number of aromatic amines is 1. The fraction of sp³-hybridized carbons (Fsp3) is 0.300. The van der Waals surface area contributed by atoms with E-state index in [1.54, 1.807) is 6.07 Å². The zero-order valence-electron chi connectivity index (χ0n) is 14.5. The lowest BCUT2D eigenvalue weighted by molar-refractivity contribution is -0.125. The Morgan fingerprint density at radius 3 is 2.96 bits per heavy atom. The molecule has 0 saturated carbocycles. The van der Waals surface area contributed by atoms with Gasteiger partial charge in [-0.3, -0.25) is 9.59 Å². The molecule has 2 aromatic rings. The van der Waals surface area contributed by atoms with E-state index < -0.39 is 5.91 Å². The van der Waals surface area contributed by atoms with Crippen LogP contribution < -0.4 is 5.73 Å². The number of benzene rings is 1. The molecular formula is C20H21N3O2S. The van der Waals surface area contributed by atoms with Gasteiger partial charge in [-0.15, -0.1) is 0 Å². The van der Waals surface area contributed by atoms with E-state index in [9.17, 15) is 9.59 Å². The number of fused-ring (bicyclic) bond motifs is 3. The summed E-state index contributed by atoms with van der Waals surface area (Å²) in [5.41, 5.74) is 11.6. The molecule has 4 rings (SSSR count). The van der Waals surface area contributed by atoms with Gasteiger partial charge in [0.25, 0.3) is 5.91 Å². The molecule has 3 heterocycles. The first kappa shape index (κ1) is 17.0. The Hall–Kier alpha value is -2.47. The summed E-state index contributed by atoms with van der Waals surface area (Å²) < 4.78 is 0. The van der Waals surface area contributed by atoms with Crippen molar-refractivity contribution in [2.45, 2.75) is 18.6 Å². The first-order chi connectivity index (χ1) is 12.6. The fourth-order valence-electron chi connectivity index (χ4n) is 3.87. The minimum Gasteiger partial charge on any atom is -0.366 e. The molecule has 6 heteroatoms. The summed E-state index contributed by atoms with van der Waals surface area (Å²) in [6, 6.07) is 3.77.